The Bertz CT molecular complexity index is 474. The molecule has 2 aromatic heterocycles. The molecule has 0 aliphatic rings. The van der Waals surface area contributed by atoms with Crippen molar-refractivity contribution in [1.82, 2.24) is 20.3 Å². The van der Waals surface area contributed by atoms with Gasteiger partial charge in [0.15, 0.2) is 0 Å². The Morgan fingerprint density at radius 3 is 2.82 bits per heavy atom. The van der Waals surface area contributed by atoms with Crippen LogP contribution in [0.25, 0.3) is 0 Å². The summed E-state index contributed by atoms with van der Waals surface area (Å²) in [5, 5.41) is 11.5. The second kappa shape index (κ2) is 5.42. The average molecular weight is 250 g/mol. The van der Waals surface area contributed by atoms with Crippen molar-refractivity contribution in [2.24, 2.45) is 7.05 Å². The number of aromatic nitrogens is 3. The minimum absolute atomic E-state index is 0.202. The summed E-state index contributed by atoms with van der Waals surface area (Å²) in [5.41, 5.74) is 1.11. The maximum absolute atomic E-state index is 4.01. The van der Waals surface area contributed by atoms with Gasteiger partial charge in [-0.2, -0.15) is 0 Å². The maximum atomic E-state index is 4.01. The first-order valence-electron chi connectivity index (χ1n) is 5.86. The van der Waals surface area contributed by atoms with E-state index in [1.807, 2.05) is 29.3 Å². The molecule has 92 valence electrons. The van der Waals surface area contributed by atoms with Crippen LogP contribution in [0.4, 0.5) is 0 Å². The van der Waals surface area contributed by atoms with E-state index in [1.54, 1.807) is 0 Å². The number of nitrogens with zero attached hydrogens (tertiary/aromatic N) is 3. The predicted molar refractivity (Wildman–Crippen MR) is 70.2 cm³/mol. The zero-order chi connectivity index (χ0) is 12.3. The van der Waals surface area contributed by atoms with E-state index in [-0.39, 0.29) is 6.04 Å². The zero-order valence-electron chi connectivity index (χ0n) is 10.5. The van der Waals surface area contributed by atoms with Crippen LogP contribution in [0.1, 0.15) is 34.8 Å². The predicted octanol–water partition coefficient (Wildman–Crippen LogP) is 2.27. The molecule has 0 fully saturated rings. The van der Waals surface area contributed by atoms with Crippen molar-refractivity contribution in [3.63, 3.8) is 0 Å². The van der Waals surface area contributed by atoms with Gasteiger partial charge < -0.3 is 5.32 Å². The highest BCUT2D eigenvalue weighted by atomic mass is 32.1. The molecular formula is C12H18N4S. The lowest BCUT2D eigenvalue weighted by atomic mass is 10.1. The van der Waals surface area contributed by atoms with Crippen LogP contribution < -0.4 is 5.32 Å². The van der Waals surface area contributed by atoms with Crippen LogP contribution in [0.5, 0.6) is 0 Å². The number of rotatable bonds is 5. The van der Waals surface area contributed by atoms with E-state index < -0.39 is 0 Å². The van der Waals surface area contributed by atoms with Crippen LogP contribution in [-0.2, 0) is 7.05 Å². The number of hydrogen-bond donors (Lipinski definition) is 1. The van der Waals surface area contributed by atoms with Gasteiger partial charge in [-0.1, -0.05) is 12.1 Å². The van der Waals surface area contributed by atoms with Crippen LogP contribution in [0, 0.1) is 6.92 Å². The van der Waals surface area contributed by atoms with E-state index in [0.29, 0.717) is 0 Å². The second-order valence-corrected chi connectivity index (χ2v) is 5.44. The molecule has 0 aromatic carbocycles. The van der Waals surface area contributed by atoms with Gasteiger partial charge in [-0.05, 0) is 32.0 Å². The molecule has 1 N–H and O–H groups in total. The first-order chi connectivity index (χ1) is 8.22. The minimum atomic E-state index is 0.202. The molecule has 0 saturated heterocycles. The molecule has 1 unspecified atom stereocenters. The van der Waals surface area contributed by atoms with Crippen molar-refractivity contribution in [3.05, 3.63) is 33.8 Å². The lowest BCUT2D eigenvalue weighted by molar-refractivity contribution is 0.556. The second-order valence-electron chi connectivity index (χ2n) is 4.12. The minimum Gasteiger partial charge on any atom is -0.304 e. The molecule has 0 amide bonds. The quantitative estimate of drug-likeness (QED) is 0.885. The van der Waals surface area contributed by atoms with Crippen LogP contribution in [0.3, 0.4) is 0 Å². The molecule has 1 atom stereocenters. The molecule has 2 rings (SSSR count). The third kappa shape index (κ3) is 2.73. The lowest BCUT2D eigenvalue weighted by Gasteiger charge is -2.16. The van der Waals surface area contributed by atoms with E-state index in [4.69, 9.17) is 0 Å². The third-order valence-corrected chi connectivity index (χ3v) is 3.75. The highest BCUT2D eigenvalue weighted by Gasteiger charge is 2.18. The van der Waals surface area contributed by atoms with Gasteiger partial charge in [-0.15, -0.1) is 16.4 Å². The Hall–Kier alpha value is -1.20. The van der Waals surface area contributed by atoms with E-state index >= 15 is 0 Å². The smallest absolute Gasteiger partial charge is 0.0858 e. The first kappa shape index (κ1) is 12.3. The fourth-order valence-corrected chi connectivity index (χ4v) is 2.77. The van der Waals surface area contributed by atoms with Gasteiger partial charge in [0.2, 0.25) is 0 Å². The van der Waals surface area contributed by atoms with E-state index in [1.165, 1.54) is 9.75 Å². The topological polar surface area (TPSA) is 42.7 Å². The van der Waals surface area contributed by atoms with Crippen LogP contribution in [0.2, 0.25) is 0 Å². The zero-order valence-corrected chi connectivity index (χ0v) is 11.3. The molecule has 2 heterocycles. The summed E-state index contributed by atoms with van der Waals surface area (Å²) in [7, 11) is 1.93. The SMILES string of the molecule is CCCNC(c1ccc(C)s1)c1cnnn1C. The molecule has 0 spiro atoms. The summed E-state index contributed by atoms with van der Waals surface area (Å²) >= 11 is 1.82. The highest BCUT2D eigenvalue weighted by molar-refractivity contribution is 7.12. The molecule has 0 saturated carbocycles. The van der Waals surface area contributed by atoms with Gasteiger partial charge in [-0.25, -0.2) is 0 Å². The van der Waals surface area contributed by atoms with E-state index in [2.05, 4.69) is 41.6 Å². The van der Waals surface area contributed by atoms with Gasteiger partial charge in [0.25, 0.3) is 0 Å². The average Bonchev–Trinajstić information content (AvgIpc) is 2.90. The van der Waals surface area contributed by atoms with Crippen molar-refractivity contribution in [2.75, 3.05) is 6.54 Å². The molecule has 0 aliphatic carbocycles. The number of hydrogen-bond acceptors (Lipinski definition) is 4. The molecule has 0 radical (unpaired) electrons. The first-order valence-corrected chi connectivity index (χ1v) is 6.68. The van der Waals surface area contributed by atoms with Crippen molar-refractivity contribution in [2.45, 2.75) is 26.3 Å². The number of thiophene rings is 1. The Kier molecular flexibility index (Phi) is 3.91. The lowest BCUT2D eigenvalue weighted by Crippen LogP contribution is -2.24. The van der Waals surface area contributed by atoms with Crippen molar-refractivity contribution >= 4 is 11.3 Å². The highest BCUT2D eigenvalue weighted by Crippen LogP contribution is 2.27. The summed E-state index contributed by atoms with van der Waals surface area (Å²) in [4.78, 5) is 2.65. The molecule has 0 bridgehead atoms. The van der Waals surface area contributed by atoms with Crippen molar-refractivity contribution < 1.29 is 0 Å². The molecule has 2 aromatic rings. The largest absolute Gasteiger partial charge is 0.304 e. The molecule has 0 aliphatic heterocycles. The normalized spacial score (nSPS) is 12.9. The van der Waals surface area contributed by atoms with Crippen LogP contribution >= 0.6 is 11.3 Å². The van der Waals surface area contributed by atoms with Crippen LogP contribution in [-0.4, -0.2) is 21.5 Å². The summed E-state index contributed by atoms with van der Waals surface area (Å²) in [6.07, 6.45) is 2.95. The standard InChI is InChI=1S/C12H18N4S/c1-4-7-13-12(10-8-14-15-16(10)3)11-6-5-9(2)17-11/h5-6,8,12-13H,4,7H2,1-3H3. The van der Waals surface area contributed by atoms with Gasteiger partial charge in [0.05, 0.1) is 17.9 Å². The molecule has 4 nitrogen and oxygen atoms in total. The Morgan fingerprint density at radius 1 is 1.47 bits per heavy atom. The van der Waals surface area contributed by atoms with Crippen molar-refractivity contribution in [1.29, 1.82) is 0 Å². The number of nitrogens with one attached hydrogen (secondary N) is 1. The Morgan fingerprint density at radius 2 is 2.29 bits per heavy atom. The molecular weight excluding hydrogens is 232 g/mol. The summed E-state index contributed by atoms with van der Waals surface area (Å²) in [5.74, 6) is 0. The molecule has 17 heavy (non-hydrogen) atoms. The fourth-order valence-electron chi connectivity index (χ4n) is 1.81. The van der Waals surface area contributed by atoms with Crippen LogP contribution in [0.15, 0.2) is 18.3 Å². The summed E-state index contributed by atoms with van der Waals surface area (Å²) in [6, 6.07) is 4.54. The van der Waals surface area contributed by atoms with Gasteiger partial charge in [0.1, 0.15) is 0 Å². The van der Waals surface area contributed by atoms with E-state index in [0.717, 1.165) is 18.7 Å². The maximum Gasteiger partial charge on any atom is 0.0858 e. The third-order valence-electron chi connectivity index (χ3n) is 2.69. The Labute approximate surface area is 106 Å². The van der Waals surface area contributed by atoms with Gasteiger partial charge >= 0.3 is 0 Å². The monoisotopic (exact) mass is 250 g/mol. The number of aryl methyl sites for hydroxylation is 2. The van der Waals surface area contributed by atoms with Gasteiger partial charge in [0, 0.05) is 16.8 Å². The van der Waals surface area contributed by atoms with E-state index in [9.17, 15) is 0 Å². The Balaban J connectivity index is 2.28. The summed E-state index contributed by atoms with van der Waals surface area (Å²) in [6.45, 7) is 5.30. The summed E-state index contributed by atoms with van der Waals surface area (Å²) < 4.78 is 1.84. The van der Waals surface area contributed by atoms with Crippen molar-refractivity contribution in [3.8, 4) is 0 Å². The fraction of sp³-hybridized carbons (Fsp3) is 0.500. The van der Waals surface area contributed by atoms with Gasteiger partial charge in [-0.3, -0.25) is 4.68 Å². The molecule has 5 heteroatoms.